The minimum atomic E-state index is -0.598. The average Bonchev–Trinajstić information content (AvgIpc) is 2.47. The predicted octanol–water partition coefficient (Wildman–Crippen LogP) is 1.22. The van der Waals surface area contributed by atoms with E-state index in [-0.39, 0.29) is 12.2 Å². The molecule has 2 fully saturated rings. The molecule has 0 radical (unpaired) electrons. The summed E-state index contributed by atoms with van der Waals surface area (Å²) >= 11 is 0. The van der Waals surface area contributed by atoms with Crippen molar-refractivity contribution < 1.29 is 24.1 Å². The standard InChI is InChI=1S/C14H18O5/c1-16-12-7-10(15)13-11(18-12)8-17-14(19-13)9-5-3-2-4-6-9/h2-6,10-15H,7-8H2,1H3/t10-,11-,12+,13-,14-/m0/s1. The lowest BCUT2D eigenvalue weighted by Gasteiger charge is -2.43. The fourth-order valence-corrected chi connectivity index (χ4v) is 2.52. The smallest absolute Gasteiger partial charge is 0.184 e. The number of rotatable bonds is 2. The molecule has 1 N–H and O–H groups in total. The number of hydrogen-bond acceptors (Lipinski definition) is 5. The highest BCUT2D eigenvalue weighted by molar-refractivity contribution is 5.16. The molecule has 5 heteroatoms. The van der Waals surface area contributed by atoms with Gasteiger partial charge in [0.1, 0.15) is 12.2 Å². The molecule has 1 aromatic rings. The molecular weight excluding hydrogens is 248 g/mol. The molecule has 2 heterocycles. The van der Waals surface area contributed by atoms with E-state index in [0.29, 0.717) is 13.0 Å². The van der Waals surface area contributed by atoms with E-state index < -0.39 is 18.7 Å². The molecule has 0 aliphatic carbocycles. The Labute approximate surface area is 112 Å². The molecule has 0 unspecified atom stereocenters. The van der Waals surface area contributed by atoms with Crippen LogP contribution in [0.4, 0.5) is 0 Å². The summed E-state index contributed by atoms with van der Waals surface area (Å²) in [6.45, 7) is 0.390. The summed E-state index contributed by atoms with van der Waals surface area (Å²) < 4.78 is 22.3. The molecule has 5 nitrogen and oxygen atoms in total. The maximum atomic E-state index is 10.1. The van der Waals surface area contributed by atoms with Crippen molar-refractivity contribution in [1.82, 2.24) is 0 Å². The number of aliphatic hydroxyl groups excluding tert-OH is 1. The van der Waals surface area contributed by atoms with Crippen molar-refractivity contribution >= 4 is 0 Å². The first-order valence-corrected chi connectivity index (χ1v) is 6.46. The van der Waals surface area contributed by atoms with Crippen molar-refractivity contribution in [1.29, 1.82) is 0 Å². The van der Waals surface area contributed by atoms with Crippen LogP contribution in [0.15, 0.2) is 30.3 Å². The molecule has 19 heavy (non-hydrogen) atoms. The molecule has 2 aliphatic heterocycles. The molecule has 104 valence electrons. The first kappa shape index (κ1) is 13.0. The first-order chi connectivity index (χ1) is 9.28. The van der Waals surface area contributed by atoms with Gasteiger partial charge in [-0.05, 0) is 0 Å². The maximum Gasteiger partial charge on any atom is 0.184 e. The van der Waals surface area contributed by atoms with Crippen molar-refractivity contribution in [3.63, 3.8) is 0 Å². The minimum Gasteiger partial charge on any atom is -0.390 e. The number of methoxy groups -OCH3 is 1. The van der Waals surface area contributed by atoms with Gasteiger partial charge >= 0.3 is 0 Å². The molecule has 1 aromatic carbocycles. The van der Waals surface area contributed by atoms with E-state index in [1.165, 1.54) is 0 Å². The largest absolute Gasteiger partial charge is 0.390 e. The van der Waals surface area contributed by atoms with Crippen molar-refractivity contribution in [3.05, 3.63) is 35.9 Å². The van der Waals surface area contributed by atoms with Crippen LogP contribution in [0.1, 0.15) is 18.3 Å². The molecule has 0 aromatic heterocycles. The molecule has 2 aliphatic rings. The van der Waals surface area contributed by atoms with Crippen LogP contribution in [0.3, 0.4) is 0 Å². The molecule has 5 atom stereocenters. The maximum absolute atomic E-state index is 10.1. The SMILES string of the molecule is CO[C@H]1C[C@H](O)[C@@H]2O[C@@H](c3ccccc3)OC[C@@H]2O1. The highest BCUT2D eigenvalue weighted by atomic mass is 16.7. The fourth-order valence-electron chi connectivity index (χ4n) is 2.52. The highest BCUT2D eigenvalue weighted by Crippen LogP contribution is 2.33. The summed E-state index contributed by atoms with van der Waals surface area (Å²) in [5.41, 5.74) is 0.946. The Hall–Kier alpha value is -0.980. The molecular formula is C14H18O5. The fraction of sp³-hybridized carbons (Fsp3) is 0.571. The summed E-state index contributed by atoms with van der Waals surface area (Å²) in [6.07, 6.45) is -1.67. The summed E-state index contributed by atoms with van der Waals surface area (Å²) in [4.78, 5) is 0. The van der Waals surface area contributed by atoms with Gasteiger partial charge in [-0.25, -0.2) is 0 Å². The highest BCUT2D eigenvalue weighted by Gasteiger charge is 2.43. The van der Waals surface area contributed by atoms with Crippen LogP contribution in [0.5, 0.6) is 0 Å². The second kappa shape index (κ2) is 5.56. The topological polar surface area (TPSA) is 57.2 Å². The first-order valence-electron chi connectivity index (χ1n) is 6.46. The molecule has 2 saturated heterocycles. The van der Waals surface area contributed by atoms with Crippen LogP contribution >= 0.6 is 0 Å². The van der Waals surface area contributed by atoms with E-state index in [9.17, 15) is 5.11 Å². The van der Waals surface area contributed by atoms with Gasteiger partial charge in [-0.2, -0.15) is 0 Å². The van der Waals surface area contributed by atoms with Crippen molar-refractivity contribution in [2.45, 2.75) is 37.3 Å². The number of aliphatic hydroxyl groups is 1. The van der Waals surface area contributed by atoms with Crippen LogP contribution < -0.4 is 0 Å². The van der Waals surface area contributed by atoms with Gasteiger partial charge in [0.05, 0.1) is 12.7 Å². The van der Waals surface area contributed by atoms with E-state index in [4.69, 9.17) is 18.9 Å². The number of ether oxygens (including phenoxy) is 4. The Kier molecular flexibility index (Phi) is 3.81. The van der Waals surface area contributed by atoms with Crippen LogP contribution in [0.25, 0.3) is 0 Å². The van der Waals surface area contributed by atoms with Crippen LogP contribution in [-0.2, 0) is 18.9 Å². The van der Waals surface area contributed by atoms with Gasteiger partial charge in [0, 0.05) is 19.1 Å². The lowest BCUT2D eigenvalue weighted by molar-refractivity contribution is -0.334. The van der Waals surface area contributed by atoms with Crippen molar-refractivity contribution in [2.24, 2.45) is 0 Å². The van der Waals surface area contributed by atoms with Gasteiger partial charge in [0.25, 0.3) is 0 Å². The zero-order valence-corrected chi connectivity index (χ0v) is 10.8. The monoisotopic (exact) mass is 266 g/mol. The number of benzene rings is 1. The molecule has 3 rings (SSSR count). The van der Waals surface area contributed by atoms with Crippen LogP contribution in [0, 0.1) is 0 Å². The van der Waals surface area contributed by atoms with Crippen molar-refractivity contribution in [2.75, 3.05) is 13.7 Å². The summed E-state index contributed by atoms with van der Waals surface area (Å²) in [5.74, 6) is 0. The van der Waals surface area contributed by atoms with Crippen molar-refractivity contribution in [3.8, 4) is 0 Å². The van der Waals surface area contributed by atoms with Crippen LogP contribution in [-0.4, -0.2) is 43.4 Å². The Morgan fingerprint density at radius 3 is 2.74 bits per heavy atom. The lowest BCUT2D eigenvalue weighted by atomic mass is 10.0. The van der Waals surface area contributed by atoms with Gasteiger partial charge in [0.15, 0.2) is 12.6 Å². The van der Waals surface area contributed by atoms with Gasteiger partial charge in [-0.15, -0.1) is 0 Å². The van der Waals surface area contributed by atoms with Gasteiger partial charge in [0.2, 0.25) is 0 Å². The van der Waals surface area contributed by atoms with E-state index in [0.717, 1.165) is 5.56 Å². The third kappa shape index (κ3) is 2.66. The quantitative estimate of drug-likeness (QED) is 0.872. The van der Waals surface area contributed by atoms with E-state index in [2.05, 4.69) is 0 Å². The second-order valence-corrected chi connectivity index (χ2v) is 4.82. The summed E-state index contributed by atoms with van der Waals surface area (Å²) in [7, 11) is 1.56. The molecule has 0 amide bonds. The Balaban J connectivity index is 1.70. The van der Waals surface area contributed by atoms with E-state index in [1.54, 1.807) is 7.11 Å². The average molecular weight is 266 g/mol. The molecule has 0 bridgehead atoms. The minimum absolute atomic E-state index is 0.284. The third-order valence-electron chi connectivity index (χ3n) is 3.53. The van der Waals surface area contributed by atoms with Gasteiger partial charge < -0.3 is 24.1 Å². The summed E-state index contributed by atoms with van der Waals surface area (Å²) in [5, 5.41) is 10.1. The van der Waals surface area contributed by atoms with Crippen LogP contribution in [0.2, 0.25) is 0 Å². The normalized spacial score (nSPS) is 38.7. The van der Waals surface area contributed by atoms with E-state index in [1.807, 2.05) is 30.3 Å². The Morgan fingerprint density at radius 2 is 2.00 bits per heavy atom. The Morgan fingerprint density at radius 1 is 1.21 bits per heavy atom. The van der Waals surface area contributed by atoms with Gasteiger partial charge in [-0.1, -0.05) is 30.3 Å². The third-order valence-corrected chi connectivity index (χ3v) is 3.53. The number of fused-ring (bicyclic) bond motifs is 1. The molecule has 0 saturated carbocycles. The summed E-state index contributed by atoms with van der Waals surface area (Å²) in [6, 6.07) is 9.70. The lowest BCUT2D eigenvalue weighted by Crippen LogP contribution is -2.55. The zero-order chi connectivity index (χ0) is 13.2. The zero-order valence-electron chi connectivity index (χ0n) is 10.8. The predicted molar refractivity (Wildman–Crippen MR) is 66.3 cm³/mol. The number of hydrogen-bond donors (Lipinski definition) is 1. The molecule has 0 spiro atoms. The van der Waals surface area contributed by atoms with Gasteiger partial charge in [-0.3, -0.25) is 0 Å². The Bertz CT molecular complexity index is 410. The second-order valence-electron chi connectivity index (χ2n) is 4.82. The van der Waals surface area contributed by atoms with E-state index >= 15 is 0 Å².